The molecule has 0 saturated carbocycles. The lowest BCUT2D eigenvalue weighted by atomic mass is 10.1. The van der Waals surface area contributed by atoms with Crippen molar-refractivity contribution in [2.24, 2.45) is 0 Å². The van der Waals surface area contributed by atoms with Gasteiger partial charge < -0.3 is 10.1 Å². The van der Waals surface area contributed by atoms with Crippen molar-refractivity contribution in [1.29, 1.82) is 0 Å². The van der Waals surface area contributed by atoms with Crippen molar-refractivity contribution < 1.29 is 9.53 Å². The molecule has 2 aromatic carbocycles. The van der Waals surface area contributed by atoms with E-state index in [1.54, 1.807) is 17.4 Å². The lowest BCUT2D eigenvalue weighted by Crippen LogP contribution is -2.35. The maximum Gasteiger partial charge on any atom is 0.230 e. The Balaban J connectivity index is 1.40. The number of rotatable bonds is 6. The SMILES string of the molecule is Cc1ccc(Cl)cc1NC(=O)Cc1csc(-c2cccc(CN3CCOCC3)c2)n1. The van der Waals surface area contributed by atoms with E-state index in [0.29, 0.717) is 5.02 Å². The summed E-state index contributed by atoms with van der Waals surface area (Å²) in [6.07, 6.45) is 0.232. The van der Waals surface area contributed by atoms with Gasteiger partial charge >= 0.3 is 0 Å². The van der Waals surface area contributed by atoms with Gasteiger partial charge in [0.25, 0.3) is 0 Å². The van der Waals surface area contributed by atoms with Crippen LogP contribution in [0.1, 0.15) is 16.8 Å². The quantitative estimate of drug-likeness (QED) is 0.597. The molecule has 3 aromatic rings. The first-order valence-electron chi connectivity index (χ1n) is 9.96. The number of carbonyl (C=O) groups is 1. The first-order chi connectivity index (χ1) is 14.6. The van der Waals surface area contributed by atoms with E-state index in [0.717, 1.165) is 60.4 Å². The molecule has 0 unspecified atom stereocenters. The Morgan fingerprint density at radius 2 is 2.07 bits per heavy atom. The third-order valence-corrected chi connectivity index (χ3v) is 6.23. The van der Waals surface area contributed by atoms with Gasteiger partial charge in [-0.05, 0) is 36.2 Å². The van der Waals surface area contributed by atoms with Crippen LogP contribution in [0.3, 0.4) is 0 Å². The third kappa shape index (κ3) is 5.46. The summed E-state index contributed by atoms with van der Waals surface area (Å²) in [6, 6.07) is 13.9. The van der Waals surface area contributed by atoms with Crippen molar-refractivity contribution >= 4 is 34.5 Å². The highest BCUT2D eigenvalue weighted by Gasteiger charge is 2.13. The molecule has 1 saturated heterocycles. The first-order valence-corrected chi connectivity index (χ1v) is 11.2. The number of benzene rings is 2. The van der Waals surface area contributed by atoms with Gasteiger partial charge in [-0.2, -0.15) is 0 Å². The summed E-state index contributed by atoms with van der Waals surface area (Å²) >= 11 is 7.60. The molecule has 1 aliphatic rings. The Bertz CT molecular complexity index is 1030. The molecular formula is C23H24ClN3O2S. The summed E-state index contributed by atoms with van der Waals surface area (Å²) in [4.78, 5) is 19.6. The van der Waals surface area contributed by atoms with Crippen LogP contribution in [0.25, 0.3) is 10.6 Å². The molecule has 1 aromatic heterocycles. The molecule has 1 N–H and O–H groups in total. The van der Waals surface area contributed by atoms with Gasteiger partial charge in [0.1, 0.15) is 5.01 Å². The van der Waals surface area contributed by atoms with Crippen molar-refractivity contribution in [3.05, 3.63) is 69.7 Å². The highest BCUT2D eigenvalue weighted by Crippen LogP contribution is 2.26. The average molecular weight is 442 g/mol. The van der Waals surface area contributed by atoms with E-state index >= 15 is 0 Å². The maximum atomic E-state index is 12.5. The van der Waals surface area contributed by atoms with Crippen LogP contribution in [0.5, 0.6) is 0 Å². The Kier molecular flexibility index (Phi) is 6.79. The molecule has 4 rings (SSSR count). The minimum atomic E-state index is -0.0988. The Labute approximate surface area is 185 Å². The lowest BCUT2D eigenvalue weighted by molar-refractivity contribution is -0.115. The van der Waals surface area contributed by atoms with Crippen LogP contribution in [-0.2, 0) is 22.5 Å². The summed E-state index contributed by atoms with van der Waals surface area (Å²) in [5, 5.41) is 6.41. The molecule has 30 heavy (non-hydrogen) atoms. The van der Waals surface area contributed by atoms with Crippen LogP contribution in [0, 0.1) is 6.92 Å². The van der Waals surface area contributed by atoms with Gasteiger partial charge in [0.15, 0.2) is 0 Å². The number of ether oxygens (including phenoxy) is 1. The normalized spacial score (nSPS) is 14.6. The van der Waals surface area contributed by atoms with Crippen molar-refractivity contribution in [2.45, 2.75) is 19.9 Å². The van der Waals surface area contributed by atoms with Gasteiger partial charge in [0.2, 0.25) is 5.91 Å². The molecule has 1 aliphatic heterocycles. The fourth-order valence-corrected chi connectivity index (χ4v) is 4.42. The first kappa shape index (κ1) is 21.0. The fourth-order valence-electron chi connectivity index (χ4n) is 3.43. The summed E-state index contributed by atoms with van der Waals surface area (Å²) in [5.41, 5.74) is 4.83. The predicted molar refractivity (Wildman–Crippen MR) is 122 cm³/mol. The number of aryl methyl sites for hydroxylation is 1. The van der Waals surface area contributed by atoms with Crippen molar-refractivity contribution in [2.75, 3.05) is 31.6 Å². The van der Waals surface area contributed by atoms with E-state index in [4.69, 9.17) is 16.3 Å². The standard InChI is InChI=1S/C23H24ClN3O2S/c1-16-5-6-19(24)12-21(16)26-22(28)13-20-15-30-23(25-20)18-4-2-3-17(11-18)14-27-7-9-29-10-8-27/h2-6,11-12,15H,7-10,13-14H2,1H3,(H,26,28). The van der Waals surface area contributed by atoms with E-state index < -0.39 is 0 Å². The van der Waals surface area contributed by atoms with Gasteiger partial charge in [-0.25, -0.2) is 4.98 Å². The topological polar surface area (TPSA) is 54.5 Å². The second-order valence-electron chi connectivity index (χ2n) is 7.42. The zero-order valence-corrected chi connectivity index (χ0v) is 18.4. The Morgan fingerprint density at radius 1 is 1.23 bits per heavy atom. The van der Waals surface area contributed by atoms with E-state index in [1.807, 2.05) is 24.4 Å². The molecule has 2 heterocycles. The second kappa shape index (κ2) is 9.71. The lowest BCUT2D eigenvalue weighted by Gasteiger charge is -2.26. The number of halogens is 1. The molecule has 0 spiro atoms. The van der Waals surface area contributed by atoms with Crippen LogP contribution >= 0.6 is 22.9 Å². The number of morpholine rings is 1. The van der Waals surface area contributed by atoms with Gasteiger partial charge in [-0.15, -0.1) is 11.3 Å². The zero-order valence-electron chi connectivity index (χ0n) is 16.9. The molecule has 5 nitrogen and oxygen atoms in total. The van der Waals surface area contributed by atoms with Gasteiger partial charge in [-0.1, -0.05) is 35.9 Å². The van der Waals surface area contributed by atoms with Crippen LogP contribution in [0.4, 0.5) is 5.69 Å². The molecule has 0 aliphatic carbocycles. The number of aromatic nitrogens is 1. The summed E-state index contributed by atoms with van der Waals surface area (Å²) in [7, 11) is 0. The van der Waals surface area contributed by atoms with Crippen LogP contribution < -0.4 is 5.32 Å². The molecule has 1 amide bonds. The molecule has 0 bridgehead atoms. The number of amides is 1. The minimum Gasteiger partial charge on any atom is -0.379 e. The highest BCUT2D eigenvalue weighted by atomic mass is 35.5. The molecule has 156 valence electrons. The van der Waals surface area contributed by atoms with Crippen molar-refractivity contribution in [3.8, 4) is 10.6 Å². The summed E-state index contributed by atoms with van der Waals surface area (Å²) in [6.45, 7) is 6.38. The Hall–Kier alpha value is -2.25. The largest absolute Gasteiger partial charge is 0.379 e. The monoisotopic (exact) mass is 441 g/mol. The van der Waals surface area contributed by atoms with E-state index in [2.05, 4.69) is 39.5 Å². The average Bonchev–Trinajstić information content (AvgIpc) is 3.20. The van der Waals surface area contributed by atoms with Gasteiger partial charge in [0.05, 0.1) is 25.3 Å². The van der Waals surface area contributed by atoms with Crippen LogP contribution in [0.2, 0.25) is 5.02 Å². The summed E-state index contributed by atoms with van der Waals surface area (Å²) in [5.74, 6) is -0.0988. The molecule has 7 heteroatoms. The third-order valence-electron chi connectivity index (χ3n) is 5.05. The molecule has 0 atom stereocenters. The van der Waals surface area contributed by atoms with Crippen molar-refractivity contribution in [1.82, 2.24) is 9.88 Å². The molecule has 0 radical (unpaired) electrons. The maximum absolute atomic E-state index is 12.5. The number of hydrogen-bond acceptors (Lipinski definition) is 5. The number of carbonyl (C=O) groups excluding carboxylic acids is 1. The van der Waals surface area contributed by atoms with E-state index in [-0.39, 0.29) is 12.3 Å². The fraction of sp³-hybridized carbons (Fsp3) is 0.304. The minimum absolute atomic E-state index is 0.0988. The number of nitrogens with zero attached hydrogens (tertiary/aromatic N) is 2. The van der Waals surface area contributed by atoms with E-state index in [1.165, 1.54) is 5.56 Å². The number of thiazole rings is 1. The molecular weight excluding hydrogens is 418 g/mol. The summed E-state index contributed by atoms with van der Waals surface area (Å²) < 4.78 is 5.43. The Morgan fingerprint density at radius 3 is 2.90 bits per heavy atom. The van der Waals surface area contributed by atoms with E-state index in [9.17, 15) is 4.79 Å². The van der Waals surface area contributed by atoms with Gasteiger partial charge in [-0.3, -0.25) is 9.69 Å². The zero-order chi connectivity index (χ0) is 20.9. The smallest absolute Gasteiger partial charge is 0.230 e. The number of nitrogens with one attached hydrogen (secondary N) is 1. The van der Waals surface area contributed by atoms with Crippen molar-refractivity contribution in [3.63, 3.8) is 0 Å². The van der Waals surface area contributed by atoms with Crippen LogP contribution in [-0.4, -0.2) is 42.1 Å². The predicted octanol–water partition coefficient (Wildman–Crippen LogP) is 4.79. The van der Waals surface area contributed by atoms with Gasteiger partial charge in [0, 0.05) is 41.3 Å². The van der Waals surface area contributed by atoms with Crippen LogP contribution in [0.15, 0.2) is 47.8 Å². The highest BCUT2D eigenvalue weighted by molar-refractivity contribution is 7.13. The molecule has 1 fully saturated rings. The second-order valence-corrected chi connectivity index (χ2v) is 8.71. The number of anilines is 1. The number of hydrogen-bond donors (Lipinski definition) is 1.